The van der Waals surface area contributed by atoms with E-state index in [0.717, 1.165) is 0 Å². The average molecular weight is 658 g/mol. The van der Waals surface area contributed by atoms with Crippen molar-refractivity contribution in [3.63, 3.8) is 0 Å². The van der Waals surface area contributed by atoms with Crippen LogP contribution in [-0.2, 0) is 32.0 Å². The topological polar surface area (TPSA) is 231 Å². The van der Waals surface area contributed by atoms with Crippen LogP contribution in [0.4, 0.5) is 0 Å². The third kappa shape index (κ3) is 4.79. The highest BCUT2D eigenvalue weighted by molar-refractivity contribution is 6.24. The van der Waals surface area contributed by atoms with Crippen LogP contribution in [0.5, 0.6) is 5.75 Å². The number of amides is 1. The van der Waals surface area contributed by atoms with E-state index < -0.39 is 75.5 Å². The molecule has 1 fully saturated rings. The smallest absolute Gasteiger partial charge is 0.337 e. The second-order valence-corrected chi connectivity index (χ2v) is 12.3. The minimum Gasteiger partial charge on any atom is -0.508 e. The van der Waals surface area contributed by atoms with Gasteiger partial charge in [0.15, 0.2) is 11.4 Å². The third-order valence-electron chi connectivity index (χ3n) is 9.41. The number of Topliss-reactive ketones (excluding diaryl/α,β-unsaturated/α-hetero) is 3. The summed E-state index contributed by atoms with van der Waals surface area (Å²) in [7, 11) is 4.24. The number of phenols is 1. The largest absolute Gasteiger partial charge is 0.508 e. The van der Waals surface area contributed by atoms with E-state index in [4.69, 9.17) is 15.0 Å². The molecule has 0 spiro atoms. The number of nitrogens with zero attached hydrogens (tertiary/aromatic N) is 2. The summed E-state index contributed by atoms with van der Waals surface area (Å²) in [6.45, 7) is 0. The van der Waals surface area contributed by atoms with Crippen LogP contribution in [0.2, 0.25) is 0 Å². The van der Waals surface area contributed by atoms with Crippen molar-refractivity contribution in [2.45, 2.75) is 30.9 Å². The van der Waals surface area contributed by atoms with E-state index in [2.05, 4.69) is 5.16 Å². The van der Waals surface area contributed by atoms with Crippen LogP contribution in [0.3, 0.4) is 0 Å². The minimum absolute atomic E-state index is 0.0209. The second kappa shape index (κ2) is 11.6. The van der Waals surface area contributed by atoms with Gasteiger partial charge in [-0.15, -0.1) is 0 Å². The van der Waals surface area contributed by atoms with Crippen molar-refractivity contribution in [2.75, 3.05) is 21.2 Å². The van der Waals surface area contributed by atoms with Gasteiger partial charge < -0.3 is 35.4 Å². The molecule has 6 rings (SSSR count). The average Bonchev–Trinajstić information content (AvgIpc) is 3.57. The molecule has 2 aromatic carbocycles. The Morgan fingerprint density at radius 2 is 1.83 bits per heavy atom. The number of hydrogen-bond donors (Lipinski definition) is 5. The molecule has 248 valence electrons. The molecule has 14 nitrogen and oxygen atoms in total. The number of aromatic hydroxyl groups is 1. The van der Waals surface area contributed by atoms with Crippen molar-refractivity contribution in [1.29, 1.82) is 0 Å². The SMILES string of the molecule is COC(=O)c1cc(CC(=O)c2ccno2)cc(-c2ccc(O)c3c2C[C@H]2C[C@@H]4[C@@H](N(C)C)C(=O)C(C(N)=O)=C(O)[C@]4(O)C(=O)C2=C3O)c1. The number of esters is 1. The molecule has 3 aromatic rings. The number of ether oxygens (including phenoxy) is 1. The van der Waals surface area contributed by atoms with Crippen LogP contribution < -0.4 is 5.73 Å². The molecule has 0 radical (unpaired) electrons. The normalized spacial score (nSPS) is 23.5. The van der Waals surface area contributed by atoms with Crippen LogP contribution in [-0.4, -0.2) is 92.6 Å². The van der Waals surface area contributed by atoms with Crippen molar-refractivity contribution in [3.05, 3.63) is 87.5 Å². The summed E-state index contributed by atoms with van der Waals surface area (Å²) < 4.78 is 9.91. The lowest BCUT2D eigenvalue weighted by Gasteiger charge is -2.50. The van der Waals surface area contributed by atoms with Crippen LogP contribution in [0.25, 0.3) is 16.9 Å². The first kappa shape index (κ1) is 32.3. The van der Waals surface area contributed by atoms with Gasteiger partial charge in [0.25, 0.3) is 5.91 Å². The highest BCUT2D eigenvalue weighted by Crippen LogP contribution is 2.53. The number of carbonyl (C=O) groups excluding carboxylic acids is 5. The Hall–Kier alpha value is -5.60. The zero-order valence-corrected chi connectivity index (χ0v) is 26.0. The maximum absolute atomic E-state index is 14.1. The van der Waals surface area contributed by atoms with Gasteiger partial charge in [0.05, 0.1) is 30.5 Å². The Kier molecular flexibility index (Phi) is 7.80. The summed E-state index contributed by atoms with van der Waals surface area (Å²) in [6, 6.07) is 7.70. The van der Waals surface area contributed by atoms with E-state index in [1.165, 1.54) is 56.6 Å². The fourth-order valence-corrected chi connectivity index (χ4v) is 7.33. The zero-order chi connectivity index (χ0) is 34.8. The highest BCUT2D eigenvalue weighted by atomic mass is 16.5. The Morgan fingerprint density at radius 3 is 2.46 bits per heavy atom. The van der Waals surface area contributed by atoms with E-state index in [9.17, 15) is 44.4 Å². The molecule has 0 saturated heterocycles. The number of aliphatic hydroxyl groups excluding tert-OH is 2. The van der Waals surface area contributed by atoms with E-state index >= 15 is 0 Å². The van der Waals surface area contributed by atoms with Crippen molar-refractivity contribution in [3.8, 4) is 16.9 Å². The Morgan fingerprint density at radius 1 is 1.10 bits per heavy atom. The van der Waals surface area contributed by atoms with Gasteiger partial charge in [-0.05, 0) is 73.3 Å². The van der Waals surface area contributed by atoms with Gasteiger partial charge in [-0.25, -0.2) is 4.79 Å². The van der Waals surface area contributed by atoms with Gasteiger partial charge in [-0.2, -0.15) is 0 Å². The molecular weight excluding hydrogens is 626 g/mol. The zero-order valence-electron chi connectivity index (χ0n) is 26.0. The molecule has 1 saturated carbocycles. The van der Waals surface area contributed by atoms with Gasteiger partial charge in [0.2, 0.25) is 17.3 Å². The van der Waals surface area contributed by atoms with Gasteiger partial charge in [0, 0.05) is 24.0 Å². The Labute approximate surface area is 272 Å². The first-order valence-corrected chi connectivity index (χ1v) is 14.9. The van der Waals surface area contributed by atoms with E-state index in [-0.39, 0.29) is 41.7 Å². The van der Waals surface area contributed by atoms with Crippen LogP contribution in [0.1, 0.15) is 44.0 Å². The van der Waals surface area contributed by atoms with E-state index in [0.29, 0.717) is 22.3 Å². The number of hydrogen-bond acceptors (Lipinski definition) is 13. The molecule has 1 amide bonds. The van der Waals surface area contributed by atoms with Crippen LogP contribution in [0.15, 0.2) is 64.0 Å². The number of phenolic OH excluding ortho intramolecular Hbond substituents is 1. The molecule has 1 heterocycles. The Bertz CT molecular complexity index is 1990. The first-order valence-electron chi connectivity index (χ1n) is 14.9. The van der Waals surface area contributed by atoms with Crippen molar-refractivity contribution in [2.24, 2.45) is 17.6 Å². The van der Waals surface area contributed by atoms with E-state index in [1.807, 2.05) is 0 Å². The molecule has 6 N–H and O–H groups in total. The summed E-state index contributed by atoms with van der Waals surface area (Å²) in [4.78, 5) is 66.7. The molecule has 0 aliphatic heterocycles. The van der Waals surface area contributed by atoms with Crippen molar-refractivity contribution < 1.29 is 53.7 Å². The molecule has 14 heteroatoms. The number of primary amides is 1. The molecule has 48 heavy (non-hydrogen) atoms. The van der Waals surface area contributed by atoms with Gasteiger partial charge >= 0.3 is 5.97 Å². The van der Waals surface area contributed by atoms with Crippen LogP contribution in [0, 0.1) is 11.8 Å². The van der Waals surface area contributed by atoms with Gasteiger partial charge in [0.1, 0.15) is 22.8 Å². The number of ketones is 3. The number of likely N-dealkylation sites (N-methyl/N-ethyl adjacent to an activating group) is 1. The maximum atomic E-state index is 14.1. The van der Waals surface area contributed by atoms with Gasteiger partial charge in [-0.1, -0.05) is 17.3 Å². The highest BCUT2D eigenvalue weighted by Gasteiger charge is 2.64. The summed E-state index contributed by atoms with van der Waals surface area (Å²) >= 11 is 0. The molecule has 1 aromatic heterocycles. The fourth-order valence-electron chi connectivity index (χ4n) is 7.33. The van der Waals surface area contributed by atoms with Gasteiger partial charge in [-0.3, -0.25) is 24.1 Å². The second-order valence-electron chi connectivity index (χ2n) is 12.3. The van der Waals surface area contributed by atoms with Crippen molar-refractivity contribution in [1.82, 2.24) is 10.1 Å². The third-order valence-corrected chi connectivity index (χ3v) is 9.41. The quantitative estimate of drug-likeness (QED) is 0.139. The number of aromatic nitrogens is 1. The first-order chi connectivity index (χ1) is 22.7. The lowest BCUT2D eigenvalue weighted by molar-refractivity contribution is -0.153. The summed E-state index contributed by atoms with van der Waals surface area (Å²) in [5, 5.41) is 49.0. The number of carbonyl (C=O) groups is 5. The summed E-state index contributed by atoms with van der Waals surface area (Å²) in [5.74, 6) is -8.66. The van der Waals surface area contributed by atoms with E-state index in [1.54, 1.807) is 12.1 Å². The predicted octanol–water partition coefficient (Wildman–Crippen LogP) is 1.83. The maximum Gasteiger partial charge on any atom is 0.337 e. The summed E-state index contributed by atoms with van der Waals surface area (Å²) in [6.07, 6.45) is 1.09. The van der Waals surface area contributed by atoms with Crippen LogP contribution >= 0.6 is 0 Å². The fraction of sp³-hybridized carbons (Fsp3) is 0.294. The Balaban J connectivity index is 1.51. The molecule has 4 atom stereocenters. The predicted molar refractivity (Wildman–Crippen MR) is 166 cm³/mol. The molecule has 3 aliphatic carbocycles. The lowest BCUT2D eigenvalue weighted by Crippen LogP contribution is -2.65. The summed E-state index contributed by atoms with van der Waals surface area (Å²) in [5.41, 5.74) is 3.10. The molecule has 0 unspecified atom stereocenters. The number of nitrogens with two attached hydrogens (primary N) is 1. The monoisotopic (exact) mass is 657 g/mol. The number of rotatable bonds is 7. The number of fused-ring (bicyclic) bond motifs is 3. The lowest BCUT2D eigenvalue weighted by atomic mass is 9.57. The molecule has 0 bridgehead atoms. The number of benzene rings is 2. The van der Waals surface area contributed by atoms with Crippen molar-refractivity contribution >= 4 is 35.0 Å². The molecule has 3 aliphatic rings. The number of methoxy groups -OCH3 is 1. The standard InChI is InChI=1S/C34H31N3O11/c1-37(2)27-20-13-16-12-19-18(15-8-14(9-17(11-15)33(45)47-3)10-22(39)23-6-7-36-48-23)4-5-21(38)25(19)28(40)24(16)30(42)34(20,46)31(43)26(29(27)41)32(35)44/h4-9,11,16,20,27,38,40,43,46H,10,12-13H2,1-3H3,(H2,35,44)/t16-,20+,27+,34+/m0/s1. The molecular formula is C34H31N3O11. The number of aliphatic hydroxyl groups is 3. The minimum atomic E-state index is -2.77.